The van der Waals surface area contributed by atoms with Crippen molar-refractivity contribution in [2.75, 3.05) is 6.54 Å². The van der Waals surface area contributed by atoms with E-state index in [1.165, 1.54) is 11.3 Å². The highest BCUT2D eigenvalue weighted by Crippen LogP contribution is 2.40. The minimum Gasteiger partial charge on any atom is -0.239 e. The molecular weight excluding hydrogens is 385 g/mol. The molecule has 1 aliphatic heterocycles. The van der Waals surface area contributed by atoms with Crippen molar-refractivity contribution in [3.05, 3.63) is 58.9 Å². The zero-order valence-corrected chi connectivity index (χ0v) is 15.0. The summed E-state index contributed by atoms with van der Waals surface area (Å²) >= 11 is 1.37. The molecule has 0 N–H and O–H groups in total. The van der Waals surface area contributed by atoms with E-state index in [0.29, 0.717) is 23.9 Å². The van der Waals surface area contributed by atoms with E-state index >= 15 is 0 Å². The molecule has 0 spiro atoms. The Kier molecular flexibility index (Phi) is 4.25. The monoisotopic (exact) mass is 398 g/mol. The lowest BCUT2D eigenvalue weighted by molar-refractivity contribution is 0.386. The second-order valence-corrected chi connectivity index (χ2v) is 8.89. The summed E-state index contributed by atoms with van der Waals surface area (Å²) in [5.74, 6) is -4.91. The third kappa shape index (κ3) is 2.70. The number of fused-ring (bicyclic) bond motifs is 1. The first-order valence-electron chi connectivity index (χ1n) is 7.90. The summed E-state index contributed by atoms with van der Waals surface area (Å²) in [7, 11) is -4.33. The summed E-state index contributed by atoms with van der Waals surface area (Å²) in [6.45, 7) is 0.168. The van der Waals surface area contributed by atoms with Gasteiger partial charge in [-0.05, 0) is 37.1 Å². The number of para-hydroxylation sites is 1. The van der Waals surface area contributed by atoms with E-state index in [1.807, 2.05) is 24.3 Å². The minimum absolute atomic E-state index is 0.168. The topological polar surface area (TPSA) is 50.3 Å². The van der Waals surface area contributed by atoms with Gasteiger partial charge in [0.15, 0.2) is 17.5 Å². The van der Waals surface area contributed by atoms with Crippen molar-refractivity contribution in [2.24, 2.45) is 0 Å². The average molecular weight is 398 g/mol. The van der Waals surface area contributed by atoms with Crippen LogP contribution < -0.4 is 0 Å². The van der Waals surface area contributed by atoms with E-state index in [-0.39, 0.29) is 6.54 Å². The summed E-state index contributed by atoms with van der Waals surface area (Å²) < 4.78 is 68.6. The van der Waals surface area contributed by atoms with Gasteiger partial charge in [0.05, 0.1) is 16.3 Å². The van der Waals surface area contributed by atoms with Gasteiger partial charge in [-0.25, -0.2) is 26.6 Å². The smallest absolute Gasteiger partial charge is 0.239 e. The van der Waals surface area contributed by atoms with Crippen molar-refractivity contribution in [3.8, 4) is 0 Å². The number of thiazole rings is 1. The zero-order chi connectivity index (χ0) is 18.5. The number of rotatable bonds is 3. The molecule has 0 amide bonds. The third-order valence-corrected chi connectivity index (χ3v) is 7.45. The molecule has 1 aliphatic rings. The van der Waals surface area contributed by atoms with Gasteiger partial charge in [-0.3, -0.25) is 0 Å². The second-order valence-electron chi connectivity index (χ2n) is 5.97. The zero-order valence-electron chi connectivity index (χ0n) is 13.3. The lowest BCUT2D eigenvalue weighted by atomic mass is 10.2. The van der Waals surface area contributed by atoms with Crippen LogP contribution in [0.3, 0.4) is 0 Å². The molecule has 1 fully saturated rings. The van der Waals surface area contributed by atoms with Gasteiger partial charge in [-0.2, -0.15) is 4.31 Å². The average Bonchev–Trinajstić information content (AvgIpc) is 3.26. The van der Waals surface area contributed by atoms with E-state index < -0.39 is 38.4 Å². The first-order chi connectivity index (χ1) is 12.4. The molecule has 0 radical (unpaired) electrons. The fourth-order valence-electron chi connectivity index (χ4n) is 3.14. The minimum atomic E-state index is -4.33. The number of hydrogen-bond donors (Lipinski definition) is 0. The molecule has 9 heteroatoms. The summed E-state index contributed by atoms with van der Waals surface area (Å²) in [5, 5.41) is 0.607. The Hall–Kier alpha value is -1.97. The van der Waals surface area contributed by atoms with E-state index in [1.54, 1.807) is 0 Å². The molecule has 0 saturated carbocycles. The highest BCUT2D eigenvalue weighted by atomic mass is 32.2. The summed E-state index contributed by atoms with van der Waals surface area (Å²) in [6, 6.07) is 8.25. The standard InChI is InChI=1S/C17H13F3N2O2S2/c18-10-7-8-14(16(20)15(10)19)26(23,24)22-9-3-5-12(22)17-21-11-4-1-2-6-13(11)25-17/h1-2,4,6-8,12H,3,5,9H2/t12-/m0/s1. The van der Waals surface area contributed by atoms with Gasteiger partial charge >= 0.3 is 0 Å². The molecule has 26 heavy (non-hydrogen) atoms. The summed E-state index contributed by atoms with van der Waals surface area (Å²) in [6.07, 6.45) is 1.11. The molecule has 1 atom stereocenters. The molecule has 4 rings (SSSR count). The Labute approximate surface area is 152 Å². The van der Waals surface area contributed by atoms with Crippen LogP contribution in [0.2, 0.25) is 0 Å². The van der Waals surface area contributed by atoms with Crippen LogP contribution in [0.25, 0.3) is 10.2 Å². The van der Waals surface area contributed by atoms with Crippen LogP contribution in [0, 0.1) is 17.5 Å². The fraction of sp³-hybridized carbons (Fsp3) is 0.235. The Morgan fingerprint density at radius 2 is 1.85 bits per heavy atom. The van der Waals surface area contributed by atoms with Crippen molar-refractivity contribution >= 4 is 31.6 Å². The highest BCUT2D eigenvalue weighted by molar-refractivity contribution is 7.89. The van der Waals surface area contributed by atoms with Gasteiger partial charge in [0, 0.05) is 6.54 Å². The van der Waals surface area contributed by atoms with Crippen LogP contribution in [-0.2, 0) is 10.0 Å². The van der Waals surface area contributed by atoms with Gasteiger partial charge in [-0.15, -0.1) is 11.3 Å². The fourth-order valence-corrected chi connectivity index (χ4v) is 6.04. The van der Waals surface area contributed by atoms with Gasteiger partial charge in [0.1, 0.15) is 9.90 Å². The van der Waals surface area contributed by atoms with E-state index in [4.69, 9.17) is 0 Å². The van der Waals surface area contributed by atoms with Crippen LogP contribution in [0.5, 0.6) is 0 Å². The summed E-state index contributed by atoms with van der Waals surface area (Å²) in [5.41, 5.74) is 0.760. The van der Waals surface area contributed by atoms with Gasteiger partial charge in [0.2, 0.25) is 10.0 Å². The van der Waals surface area contributed by atoms with E-state index in [0.717, 1.165) is 20.6 Å². The van der Waals surface area contributed by atoms with E-state index in [9.17, 15) is 21.6 Å². The predicted molar refractivity (Wildman–Crippen MR) is 91.8 cm³/mol. The molecule has 2 heterocycles. The normalized spacial score (nSPS) is 18.7. The van der Waals surface area contributed by atoms with Crippen LogP contribution in [0.1, 0.15) is 23.9 Å². The number of aromatic nitrogens is 1. The van der Waals surface area contributed by atoms with Crippen LogP contribution >= 0.6 is 11.3 Å². The molecule has 136 valence electrons. The highest BCUT2D eigenvalue weighted by Gasteiger charge is 2.39. The van der Waals surface area contributed by atoms with Gasteiger partial charge in [-0.1, -0.05) is 12.1 Å². The Morgan fingerprint density at radius 3 is 2.62 bits per heavy atom. The maximum atomic E-state index is 14.1. The number of sulfonamides is 1. The maximum absolute atomic E-state index is 14.1. The quantitative estimate of drug-likeness (QED) is 0.620. The molecule has 1 aromatic heterocycles. The Morgan fingerprint density at radius 1 is 1.08 bits per heavy atom. The number of benzene rings is 2. The first kappa shape index (κ1) is 17.4. The molecule has 4 nitrogen and oxygen atoms in total. The van der Waals surface area contributed by atoms with Crippen LogP contribution in [-0.4, -0.2) is 24.3 Å². The lowest BCUT2D eigenvalue weighted by Crippen LogP contribution is -2.31. The van der Waals surface area contributed by atoms with E-state index in [2.05, 4.69) is 4.98 Å². The van der Waals surface area contributed by atoms with Crippen molar-refractivity contribution in [1.29, 1.82) is 0 Å². The molecule has 2 aromatic carbocycles. The number of halogens is 3. The van der Waals surface area contributed by atoms with Crippen molar-refractivity contribution in [1.82, 2.24) is 9.29 Å². The third-order valence-electron chi connectivity index (χ3n) is 4.39. The predicted octanol–water partition coefficient (Wildman–Crippen LogP) is 4.24. The summed E-state index contributed by atoms with van der Waals surface area (Å²) in [4.78, 5) is 3.63. The number of nitrogens with zero attached hydrogens (tertiary/aromatic N) is 2. The van der Waals surface area contributed by atoms with Crippen LogP contribution in [0.15, 0.2) is 41.3 Å². The molecule has 0 aliphatic carbocycles. The lowest BCUT2D eigenvalue weighted by Gasteiger charge is -2.22. The molecular formula is C17H13F3N2O2S2. The molecule has 0 unspecified atom stereocenters. The second kappa shape index (κ2) is 6.33. The maximum Gasteiger partial charge on any atom is 0.246 e. The molecule has 1 saturated heterocycles. The van der Waals surface area contributed by atoms with Crippen molar-refractivity contribution in [2.45, 2.75) is 23.8 Å². The van der Waals surface area contributed by atoms with Gasteiger partial charge in [0.25, 0.3) is 0 Å². The van der Waals surface area contributed by atoms with Crippen LogP contribution in [0.4, 0.5) is 13.2 Å². The first-order valence-corrected chi connectivity index (χ1v) is 10.2. The van der Waals surface area contributed by atoms with Gasteiger partial charge < -0.3 is 0 Å². The Balaban J connectivity index is 1.77. The van der Waals surface area contributed by atoms with Crippen molar-refractivity contribution < 1.29 is 21.6 Å². The number of hydrogen-bond acceptors (Lipinski definition) is 4. The molecule has 0 bridgehead atoms. The Bertz CT molecular complexity index is 1070. The molecule has 3 aromatic rings. The SMILES string of the molecule is O=S(=O)(c1ccc(F)c(F)c1F)N1CCC[C@H]1c1nc2ccccc2s1. The largest absolute Gasteiger partial charge is 0.246 e. The van der Waals surface area contributed by atoms with Crippen molar-refractivity contribution in [3.63, 3.8) is 0 Å².